The van der Waals surface area contributed by atoms with E-state index < -0.39 is 114 Å². The Kier molecular flexibility index (Phi) is 31.0. The second-order valence-electron chi connectivity index (χ2n) is 25.3. The molecule has 11 N–H and O–H groups in total. The van der Waals surface area contributed by atoms with Crippen molar-refractivity contribution in [2.45, 2.75) is 206 Å². The van der Waals surface area contributed by atoms with Gasteiger partial charge in [0.25, 0.3) is 0 Å². The van der Waals surface area contributed by atoms with Gasteiger partial charge >= 0.3 is 12.1 Å². The molecule has 0 radical (unpaired) electrons. The van der Waals surface area contributed by atoms with Crippen LogP contribution in [0.5, 0.6) is 0 Å². The minimum atomic E-state index is -1.59. The van der Waals surface area contributed by atoms with Crippen LogP contribution in [0.1, 0.15) is 151 Å². The highest BCUT2D eigenvalue weighted by Crippen LogP contribution is 2.30. The molecule has 2 heterocycles. The standard InChI is InChI=1S/C66H103N11O15/c1-14-41(6)56(49(90-12)37-53(81)76-36-22-26-48(76)58(91-13)42(7)59(83)69-43(8)57(82)45-23-17-15-18-24-45)75(11)62(86)55(40(4)5)73-63(87)66(9,10)74-65(89)92-38-44-28-30-46(31-29-44)70-60(84)47(25-21-34-68-64(67)88)71-61(85)54(39(2)3)72-50(78)27-19-16-20-35-77-51(79)32-33-52(77)80/h15,17-18,23-24,28-33,39-43,47-49,51,54-58,79,82H,14,16,19-22,25-27,34-38H2,1-13H3,(H,69,83)(H,70,84)(H,71,85)(H,72,78)(H,73,87)(H,74,89)(H3,67,68,88). The van der Waals surface area contributed by atoms with Crippen LogP contribution >= 0.6 is 0 Å². The van der Waals surface area contributed by atoms with Crippen LogP contribution in [-0.4, -0.2) is 185 Å². The number of carbonyl (C=O) groups is 10. The molecule has 0 aliphatic carbocycles. The molecular formula is C66H103N11O15. The number of rotatable bonds is 37. The molecule has 0 spiro atoms. The van der Waals surface area contributed by atoms with Crippen LogP contribution in [0.25, 0.3) is 0 Å². The molecule has 26 heteroatoms. The van der Waals surface area contributed by atoms with Crippen molar-refractivity contribution < 1.29 is 72.4 Å². The number of aliphatic hydroxyl groups is 2. The summed E-state index contributed by atoms with van der Waals surface area (Å²) in [6.07, 6.45) is 2.31. The predicted molar refractivity (Wildman–Crippen MR) is 345 cm³/mol. The number of hydrogen-bond acceptors (Lipinski definition) is 15. The zero-order chi connectivity index (χ0) is 68.6. The number of benzene rings is 2. The number of unbranched alkanes of at least 4 members (excludes halogenated alkanes) is 2. The van der Waals surface area contributed by atoms with E-state index in [1.54, 1.807) is 89.9 Å². The van der Waals surface area contributed by atoms with Gasteiger partial charge in [0.1, 0.15) is 36.5 Å². The van der Waals surface area contributed by atoms with Crippen molar-refractivity contribution >= 4 is 65.1 Å². The summed E-state index contributed by atoms with van der Waals surface area (Å²) >= 11 is 0. The molecule has 1 fully saturated rings. The van der Waals surface area contributed by atoms with Crippen molar-refractivity contribution in [3.05, 3.63) is 77.9 Å². The van der Waals surface area contributed by atoms with Crippen LogP contribution < -0.4 is 43.0 Å². The lowest BCUT2D eigenvalue weighted by atomic mass is 9.89. The van der Waals surface area contributed by atoms with E-state index in [2.05, 4.69) is 37.2 Å². The molecule has 2 aliphatic heterocycles. The summed E-state index contributed by atoms with van der Waals surface area (Å²) in [5, 5.41) is 40.0. The van der Waals surface area contributed by atoms with Gasteiger partial charge in [0.2, 0.25) is 47.3 Å². The monoisotopic (exact) mass is 1290 g/mol. The quantitative estimate of drug-likeness (QED) is 0.0422. The maximum Gasteiger partial charge on any atom is 0.408 e. The third kappa shape index (κ3) is 22.9. The normalized spacial score (nSPS) is 18.1. The van der Waals surface area contributed by atoms with Crippen molar-refractivity contribution in [3.8, 4) is 0 Å². The van der Waals surface area contributed by atoms with E-state index in [-0.39, 0.29) is 74.3 Å². The number of carbonyl (C=O) groups excluding carboxylic acids is 10. The number of amides is 11. The number of aliphatic hydroxyl groups excluding tert-OH is 2. The van der Waals surface area contributed by atoms with Gasteiger partial charge in [-0.1, -0.05) is 104 Å². The molecule has 2 aromatic carbocycles. The Hall–Kier alpha value is -7.68. The average molecular weight is 1290 g/mol. The van der Waals surface area contributed by atoms with Crippen molar-refractivity contribution in [1.29, 1.82) is 0 Å². The Bertz CT molecular complexity index is 2800. The Morgan fingerprint density at radius 3 is 2.05 bits per heavy atom. The third-order valence-electron chi connectivity index (χ3n) is 17.2. The van der Waals surface area contributed by atoms with Gasteiger partial charge < -0.3 is 82.1 Å². The topological polar surface area (TPSA) is 359 Å². The van der Waals surface area contributed by atoms with Gasteiger partial charge in [0.15, 0.2) is 0 Å². The molecule has 2 aliphatic rings. The first-order valence-electron chi connectivity index (χ1n) is 32.1. The first kappa shape index (κ1) is 76.8. The number of hydrogen-bond donors (Lipinski definition) is 10. The summed E-state index contributed by atoms with van der Waals surface area (Å²) in [4.78, 5) is 138. The fraction of sp³-hybridized carbons (Fsp3) is 0.636. The van der Waals surface area contributed by atoms with Gasteiger partial charge in [-0.05, 0) is 106 Å². The Morgan fingerprint density at radius 2 is 1.47 bits per heavy atom. The number of ether oxygens (including phenoxy) is 3. The Labute approximate surface area is 542 Å². The number of likely N-dealkylation sites (N-methyl/N-ethyl adjacent to an activating group) is 1. The summed E-state index contributed by atoms with van der Waals surface area (Å²) in [6.45, 7) is 18.0. The maximum atomic E-state index is 14.7. The second-order valence-corrected chi connectivity index (χ2v) is 25.3. The van der Waals surface area contributed by atoms with E-state index in [1.165, 1.54) is 50.0 Å². The number of alkyl carbamates (subject to hydrolysis) is 1. The molecule has 0 bridgehead atoms. The molecular weight excluding hydrogens is 1190 g/mol. The van der Waals surface area contributed by atoms with Crippen LogP contribution in [0.2, 0.25) is 0 Å². The van der Waals surface area contributed by atoms with Gasteiger partial charge in [0.05, 0.1) is 48.8 Å². The molecule has 26 nitrogen and oxygen atoms in total. The van der Waals surface area contributed by atoms with Gasteiger partial charge in [-0.2, -0.15) is 0 Å². The maximum absolute atomic E-state index is 14.7. The summed E-state index contributed by atoms with van der Waals surface area (Å²) in [7, 11) is 4.62. The van der Waals surface area contributed by atoms with Gasteiger partial charge in [0, 0.05) is 59.1 Å². The predicted octanol–water partition coefficient (Wildman–Crippen LogP) is 4.28. The number of methoxy groups -OCH3 is 2. The Morgan fingerprint density at radius 1 is 0.804 bits per heavy atom. The van der Waals surface area contributed by atoms with Crippen LogP contribution in [0.3, 0.4) is 0 Å². The van der Waals surface area contributed by atoms with E-state index in [4.69, 9.17) is 19.9 Å². The summed E-state index contributed by atoms with van der Waals surface area (Å²) in [5.41, 5.74) is 5.15. The second kappa shape index (κ2) is 37.1. The van der Waals surface area contributed by atoms with Crippen LogP contribution in [-0.2, 0) is 59.2 Å². The highest BCUT2D eigenvalue weighted by molar-refractivity contribution is 5.99. The first-order valence-corrected chi connectivity index (χ1v) is 32.1. The molecule has 4 rings (SSSR count). The molecule has 11 amide bonds. The lowest BCUT2D eigenvalue weighted by Crippen LogP contribution is -2.62. The van der Waals surface area contributed by atoms with Crippen molar-refractivity contribution in [2.75, 3.05) is 46.2 Å². The molecule has 512 valence electrons. The molecule has 92 heavy (non-hydrogen) atoms. The van der Waals surface area contributed by atoms with E-state index in [9.17, 15) is 58.2 Å². The lowest BCUT2D eigenvalue weighted by Gasteiger charge is -2.41. The highest BCUT2D eigenvalue weighted by Gasteiger charge is 2.44. The first-order chi connectivity index (χ1) is 43.5. The molecule has 2 aromatic rings. The number of nitrogens with zero attached hydrogens (tertiary/aromatic N) is 3. The molecule has 0 aromatic heterocycles. The number of likely N-dealkylation sites (tertiary alicyclic amines) is 1. The minimum absolute atomic E-state index is 0.0887. The molecule has 12 atom stereocenters. The summed E-state index contributed by atoms with van der Waals surface area (Å²) < 4.78 is 17.5. The average Bonchev–Trinajstić information content (AvgIpc) is 1.31. The van der Waals surface area contributed by atoms with Gasteiger partial charge in [-0.15, -0.1) is 0 Å². The third-order valence-corrected chi connectivity index (χ3v) is 17.2. The zero-order valence-corrected chi connectivity index (χ0v) is 56.0. The molecule has 0 saturated carbocycles. The van der Waals surface area contributed by atoms with Crippen LogP contribution in [0.15, 0.2) is 66.7 Å². The Balaban J connectivity index is 1.33. The van der Waals surface area contributed by atoms with Crippen molar-refractivity contribution in [3.63, 3.8) is 0 Å². The van der Waals surface area contributed by atoms with Gasteiger partial charge in [-0.3, -0.25) is 38.4 Å². The van der Waals surface area contributed by atoms with Gasteiger partial charge in [-0.25, -0.2) is 9.59 Å². The van der Waals surface area contributed by atoms with E-state index in [1.807, 2.05) is 32.0 Å². The molecule has 12 unspecified atom stereocenters. The fourth-order valence-electron chi connectivity index (χ4n) is 11.5. The van der Waals surface area contributed by atoms with Crippen molar-refractivity contribution in [1.82, 2.24) is 46.6 Å². The lowest BCUT2D eigenvalue weighted by molar-refractivity contribution is -0.148. The number of anilines is 1. The smallest absolute Gasteiger partial charge is 0.408 e. The van der Waals surface area contributed by atoms with Crippen LogP contribution in [0.4, 0.5) is 15.3 Å². The SMILES string of the molecule is CCC(C)C(C(CC(=O)N1CCCC1C(OC)C(C)C(=O)NC(C)C(O)c1ccccc1)OC)N(C)C(=O)C(NC(=O)C(C)(C)NC(=O)OCc1ccc(NC(=O)C(CCCNC(N)=O)NC(=O)C(NC(=O)CCCCCN2C(=O)C=CC2O)C(C)C)cc1)C(C)C. The number of nitrogens with two attached hydrogens (primary N) is 1. The zero-order valence-electron chi connectivity index (χ0n) is 56.0. The van der Waals surface area contributed by atoms with Crippen molar-refractivity contribution in [2.24, 2.45) is 29.4 Å². The number of urea groups is 1. The largest absolute Gasteiger partial charge is 0.445 e. The number of primary amides is 1. The summed E-state index contributed by atoms with van der Waals surface area (Å²) in [6, 6.07) is 9.77. The number of nitrogens with one attached hydrogen (secondary N) is 7. The summed E-state index contributed by atoms with van der Waals surface area (Å²) in [5.74, 6) is -5.17. The molecule has 1 saturated heterocycles. The van der Waals surface area contributed by atoms with E-state index in [0.717, 1.165) is 0 Å². The minimum Gasteiger partial charge on any atom is -0.445 e. The van der Waals surface area contributed by atoms with E-state index in [0.29, 0.717) is 68.4 Å². The van der Waals surface area contributed by atoms with E-state index >= 15 is 0 Å². The fourth-order valence-corrected chi connectivity index (χ4v) is 11.5. The van der Waals surface area contributed by atoms with Crippen LogP contribution in [0, 0.1) is 23.7 Å². The highest BCUT2D eigenvalue weighted by atomic mass is 16.5.